The highest BCUT2D eigenvalue weighted by Crippen LogP contribution is 2.20. The first-order valence-electron chi connectivity index (χ1n) is 9.42. The molecule has 144 valence electrons. The second-order valence-electron chi connectivity index (χ2n) is 7.01. The van der Waals surface area contributed by atoms with Crippen LogP contribution >= 0.6 is 0 Å². The molecule has 0 atom stereocenters. The molecule has 1 aliphatic rings. The van der Waals surface area contributed by atoms with Crippen LogP contribution in [-0.4, -0.2) is 37.5 Å². The monoisotopic (exact) mass is 377 g/mol. The van der Waals surface area contributed by atoms with Gasteiger partial charge < -0.3 is 4.74 Å². The van der Waals surface area contributed by atoms with E-state index < -0.39 is 0 Å². The first-order chi connectivity index (χ1) is 13.6. The van der Waals surface area contributed by atoms with Crippen molar-refractivity contribution in [2.45, 2.75) is 26.3 Å². The Morgan fingerprint density at radius 1 is 1.11 bits per heavy atom. The van der Waals surface area contributed by atoms with Crippen LogP contribution in [0.4, 0.5) is 0 Å². The Hall–Kier alpha value is -3.06. The lowest BCUT2D eigenvalue weighted by molar-refractivity contribution is 0.278. The lowest BCUT2D eigenvalue weighted by Crippen LogP contribution is -2.28. The molecule has 3 heterocycles. The van der Waals surface area contributed by atoms with Crippen molar-refractivity contribution in [3.8, 4) is 11.8 Å². The zero-order valence-corrected chi connectivity index (χ0v) is 16.1. The van der Waals surface area contributed by atoms with E-state index in [1.165, 1.54) is 0 Å². The lowest BCUT2D eigenvalue weighted by Gasteiger charge is -2.19. The number of fused-ring (bicyclic) bond motifs is 1. The van der Waals surface area contributed by atoms with Gasteiger partial charge in [-0.3, -0.25) is 14.3 Å². The highest BCUT2D eigenvalue weighted by Gasteiger charge is 2.19. The summed E-state index contributed by atoms with van der Waals surface area (Å²) in [6.45, 7) is 4.38. The van der Waals surface area contributed by atoms with Crippen LogP contribution in [0.5, 0.6) is 11.8 Å². The molecule has 0 bridgehead atoms. The van der Waals surface area contributed by atoms with Crippen molar-refractivity contribution in [3.63, 3.8) is 0 Å². The van der Waals surface area contributed by atoms with E-state index in [4.69, 9.17) is 4.74 Å². The molecule has 0 fully saturated rings. The molecule has 0 saturated carbocycles. The van der Waals surface area contributed by atoms with E-state index >= 15 is 0 Å². The van der Waals surface area contributed by atoms with E-state index in [-0.39, 0.29) is 5.56 Å². The van der Waals surface area contributed by atoms with Gasteiger partial charge in [-0.25, -0.2) is 15.0 Å². The van der Waals surface area contributed by atoms with Gasteiger partial charge in [-0.2, -0.15) is 0 Å². The van der Waals surface area contributed by atoms with Gasteiger partial charge in [-0.1, -0.05) is 12.1 Å². The zero-order valence-electron chi connectivity index (χ0n) is 16.1. The van der Waals surface area contributed by atoms with Gasteiger partial charge in [0.15, 0.2) is 0 Å². The minimum atomic E-state index is 0.0857. The molecule has 28 heavy (non-hydrogen) atoms. The third-order valence-corrected chi connectivity index (χ3v) is 5.09. The van der Waals surface area contributed by atoms with Crippen LogP contribution in [0.25, 0.3) is 0 Å². The summed E-state index contributed by atoms with van der Waals surface area (Å²) >= 11 is 0. The summed E-state index contributed by atoms with van der Waals surface area (Å²) in [5.41, 5.74) is 3.04. The van der Waals surface area contributed by atoms with Crippen molar-refractivity contribution < 1.29 is 4.74 Å². The zero-order chi connectivity index (χ0) is 19.5. The van der Waals surface area contributed by atoms with Crippen LogP contribution in [0.15, 0.2) is 47.5 Å². The smallest absolute Gasteiger partial charge is 0.321 e. The molecule has 1 aromatic carbocycles. The largest absolute Gasteiger partial charge is 0.424 e. The van der Waals surface area contributed by atoms with Gasteiger partial charge in [0.2, 0.25) is 0 Å². The minimum Gasteiger partial charge on any atom is -0.424 e. The van der Waals surface area contributed by atoms with Crippen molar-refractivity contribution in [2.75, 3.05) is 13.1 Å². The standard InChI is InChI=1S/C21H23N5O2/c1-15-24-19-8-12-26(11-7-18(19)20(27)25(15)2)14-16-5-3-6-17(13-16)28-21-22-9-4-10-23-21/h3-6,9-10,13H,7-8,11-12,14H2,1-2H3. The topological polar surface area (TPSA) is 73.1 Å². The van der Waals surface area contributed by atoms with E-state index in [1.807, 2.05) is 25.1 Å². The molecule has 0 N–H and O–H groups in total. The first-order valence-corrected chi connectivity index (χ1v) is 9.42. The maximum Gasteiger partial charge on any atom is 0.321 e. The SMILES string of the molecule is Cc1nc2c(c(=O)n1C)CCN(Cc1cccc(Oc3ncccn3)c1)CC2. The van der Waals surface area contributed by atoms with Gasteiger partial charge in [-0.15, -0.1) is 0 Å². The van der Waals surface area contributed by atoms with Gasteiger partial charge in [0.25, 0.3) is 5.56 Å². The Morgan fingerprint density at radius 2 is 1.89 bits per heavy atom. The number of benzene rings is 1. The molecule has 4 rings (SSSR count). The number of hydrogen-bond acceptors (Lipinski definition) is 6. The highest BCUT2D eigenvalue weighted by molar-refractivity contribution is 5.30. The van der Waals surface area contributed by atoms with Crippen molar-refractivity contribution in [3.05, 3.63) is 75.7 Å². The highest BCUT2D eigenvalue weighted by atomic mass is 16.5. The van der Waals surface area contributed by atoms with Crippen LogP contribution in [0.3, 0.4) is 0 Å². The fourth-order valence-corrected chi connectivity index (χ4v) is 3.48. The fourth-order valence-electron chi connectivity index (χ4n) is 3.48. The van der Waals surface area contributed by atoms with Crippen LogP contribution in [0.2, 0.25) is 0 Å². The van der Waals surface area contributed by atoms with Crippen LogP contribution in [-0.2, 0) is 26.4 Å². The second kappa shape index (κ2) is 7.90. The van der Waals surface area contributed by atoms with E-state index in [2.05, 4.69) is 25.9 Å². The van der Waals surface area contributed by atoms with Crippen molar-refractivity contribution >= 4 is 0 Å². The molecule has 0 radical (unpaired) electrons. The second-order valence-corrected chi connectivity index (χ2v) is 7.01. The molecular formula is C21H23N5O2. The third kappa shape index (κ3) is 3.94. The summed E-state index contributed by atoms with van der Waals surface area (Å²) in [6, 6.07) is 10.1. The van der Waals surface area contributed by atoms with Gasteiger partial charge in [0, 0.05) is 51.1 Å². The summed E-state index contributed by atoms with van der Waals surface area (Å²) in [7, 11) is 1.79. The molecule has 7 heteroatoms. The van der Waals surface area contributed by atoms with Crippen LogP contribution in [0, 0.1) is 6.92 Å². The van der Waals surface area contributed by atoms with Gasteiger partial charge in [-0.05, 0) is 37.1 Å². The fraction of sp³-hybridized carbons (Fsp3) is 0.333. The van der Waals surface area contributed by atoms with Crippen molar-refractivity contribution in [1.82, 2.24) is 24.4 Å². The average Bonchev–Trinajstić information content (AvgIpc) is 2.90. The molecule has 1 aliphatic heterocycles. The maximum absolute atomic E-state index is 12.5. The summed E-state index contributed by atoms with van der Waals surface area (Å²) < 4.78 is 7.37. The normalized spacial score (nSPS) is 14.4. The molecule has 3 aromatic rings. The van der Waals surface area contributed by atoms with Crippen molar-refractivity contribution in [1.29, 1.82) is 0 Å². The molecule has 7 nitrogen and oxygen atoms in total. The lowest BCUT2D eigenvalue weighted by atomic mass is 10.1. The van der Waals surface area contributed by atoms with E-state index in [1.54, 1.807) is 30.1 Å². The number of ether oxygens (including phenoxy) is 1. The maximum atomic E-state index is 12.5. The number of aromatic nitrogens is 4. The van der Waals surface area contributed by atoms with Crippen LogP contribution < -0.4 is 10.3 Å². The van der Waals surface area contributed by atoms with Gasteiger partial charge in [0.1, 0.15) is 11.6 Å². The molecule has 0 saturated heterocycles. The molecule has 0 unspecified atom stereocenters. The number of rotatable bonds is 4. The van der Waals surface area contributed by atoms with E-state index in [0.717, 1.165) is 55.1 Å². The molecule has 2 aromatic heterocycles. The number of hydrogen-bond donors (Lipinski definition) is 0. The van der Waals surface area contributed by atoms with E-state index in [0.29, 0.717) is 11.8 Å². The molecule has 0 amide bonds. The van der Waals surface area contributed by atoms with Crippen LogP contribution in [0.1, 0.15) is 22.6 Å². The summed E-state index contributed by atoms with van der Waals surface area (Å²) in [6.07, 6.45) is 4.83. The number of aryl methyl sites for hydroxylation is 1. The Bertz CT molecular complexity index is 1030. The third-order valence-electron chi connectivity index (χ3n) is 5.09. The minimum absolute atomic E-state index is 0.0857. The predicted molar refractivity (Wildman–Crippen MR) is 105 cm³/mol. The summed E-state index contributed by atoms with van der Waals surface area (Å²) in [4.78, 5) is 27.7. The first kappa shape index (κ1) is 18.3. The Balaban J connectivity index is 1.46. The predicted octanol–water partition coefficient (Wildman–Crippen LogP) is 2.27. The Labute approximate surface area is 163 Å². The molecule has 0 aliphatic carbocycles. The summed E-state index contributed by atoms with van der Waals surface area (Å²) in [5, 5.41) is 0. The molecule has 0 spiro atoms. The average molecular weight is 377 g/mol. The Kier molecular flexibility index (Phi) is 5.16. The summed E-state index contributed by atoms with van der Waals surface area (Å²) in [5.74, 6) is 1.48. The van der Waals surface area contributed by atoms with Gasteiger partial charge in [0.05, 0.1) is 5.69 Å². The number of nitrogens with zero attached hydrogens (tertiary/aromatic N) is 5. The quantitative estimate of drug-likeness (QED) is 0.695. The molecular weight excluding hydrogens is 354 g/mol. The van der Waals surface area contributed by atoms with Crippen molar-refractivity contribution in [2.24, 2.45) is 7.05 Å². The van der Waals surface area contributed by atoms with Gasteiger partial charge >= 0.3 is 6.01 Å². The van der Waals surface area contributed by atoms with E-state index in [9.17, 15) is 4.79 Å². The Morgan fingerprint density at radius 3 is 2.71 bits per heavy atom.